The summed E-state index contributed by atoms with van der Waals surface area (Å²) in [5, 5.41) is 5.93. The van der Waals surface area contributed by atoms with Crippen molar-refractivity contribution in [2.45, 2.75) is 38.1 Å². The number of amides is 3. The van der Waals surface area contributed by atoms with E-state index in [0.717, 1.165) is 19.3 Å². The molecule has 0 unspecified atom stereocenters. The number of nitrogens with one attached hydrogen (secondary N) is 3. The van der Waals surface area contributed by atoms with E-state index in [-0.39, 0.29) is 11.9 Å². The highest BCUT2D eigenvalue weighted by molar-refractivity contribution is 7.87. The van der Waals surface area contributed by atoms with Gasteiger partial charge in [-0.3, -0.25) is 4.79 Å². The fourth-order valence-electron chi connectivity index (χ4n) is 3.41. The Morgan fingerprint density at radius 1 is 1.20 bits per heavy atom. The van der Waals surface area contributed by atoms with Gasteiger partial charge in [0, 0.05) is 30.7 Å². The van der Waals surface area contributed by atoms with Crippen LogP contribution in [0.4, 0.5) is 4.79 Å². The number of piperidine rings is 1. The Morgan fingerprint density at radius 2 is 1.90 bits per heavy atom. The second kappa shape index (κ2) is 9.84. The molecule has 0 atom stereocenters. The van der Waals surface area contributed by atoms with Gasteiger partial charge in [0.25, 0.3) is 5.91 Å². The van der Waals surface area contributed by atoms with Crippen LogP contribution in [0, 0.1) is 5.92 Å². The molecule has 1 saturated carbocycles. The summed E-state index contributed by atoms with van der Waals surface area (Å²) >= 11 is 5.96. The van der Waals surface area contributed by atoms with Gasteiger partial charge in [-0.1, -0.05) is 11.6 Å². The first kappa shape index (κ1) is 22.6. The lowest BCUT2D eigenvalue weighted by Crippen LogP contribution is -2.50. The third-order valence-electron chi connectivity index (χ3n) is 5.29. The number of hydrogen-bond donors (Lipinski definition) is 3. The standard InChI is InChI=1S/C19H27ClN4O5S/c1-29-17-5-2-14(20)12-16(17)18(25)21-9-6-13-7-10-24(11-8-13)30(27,28)23-19(26)22-15-3-4-15/h2,5,12-13,15H,3-4,6-11H2,1H3,(H,21,25)(H2,22,23,26). The number of carbonyl (C=O) groups is 2. The minimum absolute atomic E-state index is 0.0908. The number of carbonyl (C=O) groups excluding carboxylic acids is 2. The van der Waals surface area contributed by atoms with Gasteiger partial charge in [-0.2, -0.15) is 12.7 Å². The summed E-state index contributed by atoms with van der Waals surface area (Å²) in [6.45, 7) is 1.15. The van der Waals surface area contributed by atoms with Crippen LogP contribution in [-0.2, 0) is 10.2 Å². The van der Waals surface area contributed by atoms with Crippen LogP contribution in [0.1, 0.15) is 42.5 Å². The molecule has 3 amide bonds. The quantitative estimate of drug-likeness (QED) is 0.550. The molecule has 0 radical (unpaired) electrons. The molecule has 166 valence electrons. The topological polar surface area (TPSA) is 117 Å². The summed E-state index contributed by atoms with van der Waals surface area (Å²) in [6.07, 6.45) is 3.85. The maximum Gasteiger partial charge on any atom is 0.329 e. The third-order valence-corrected chi connectivity index (χ3v) is 7.02. The lowest BCUT2D eigenvalue weighted by molar-refractivity contribution is 0.0947. The Balaban J connectivity index is 1.41. The second-order valence-electron chi connectivity index (χ2n) is 7.59. The number of methoxy groups -OCH3 is 1. The van der Waals surface area contributed by atoms with E-state index in [1.807, 2.05) is 0 Å². The van der Waals surface area contributed by atoms with Crippen molar-refractivity contribution in [2.75, 3.05) is 26.7 Å². The normalized spacial score (nSPS) is 17.9. The van der Waals surface area contributed by atoms with Crippen LogP contribution in [0.5, 0.6) is 5.75 Å². The molecule has 1 aromatic rings. The summed E-state index contributed by atoms with van der Waals surface area (Å²) in [5.74, 6) is 0.479. The number of halogens is 1. The van der Waals surface area contributed by atoms with E-state index in [1.165, 1.54) is 11.4 Å². The van der Waals surface area contributed by atoms with Crippen molar-refractivity contribution in [3.8, 4) is 5.75 Å². The monoisotopic (exact) mass is 458 g/mol. The van der Waals surface area contributed by atoms with Crippen LogP contribution in [0.3, 0.4) is 0 Å². The SMILES string of the molecule is COc1ccc(Cl)cc1C(=O)NCCC1CCN(S(=O)(=O)NC(=O)NC2CC2)CC1. The van der Waals surface area contributed by atoms with Gasteiger partial charge in [0.15, 0.2) is 0 Å². The van der Waals surface area contributed by atoms with Gasteiger partial charge in [0.2, 0.25) is 0 Å². The highest BCUT2D eigenvalue weighted by atomic mass is 35.5. The van der Waals surface area contributed by atoms with Crippen molar-refractivity contribution in [2.24, 2.45) is 5.92 Å². The van der Waals surface area contributed by atoms with Crippen LogP contribution >= 0.6 is 11.6 Å². The van der Waals surface area contributed by atoms with Gasteiger partial charge in [0.1, 0.15) is 5.75 Å². The molecule has 1 saturated heterocycles. The summed E-state index contributed by atoms with van der Waals surface area (Å²) in [5.41, 5.74) is 0.376. The van der Waals surface area contributed by atoms with E-state index >= 15 is 0 Å². The van der Waals surface area contributed by atoms with Crippen molar-refractivity contribution in [3.05, 3.63) is 28.8 Å². The molecule has 3 rings (SSSR count). The predicted octanol–water partition coefficient (Wildman–Crippen LogP) is 1.89. The molecule has 3 N–H and O–H groups in total. The fraction of sp³-hybridized carbons (Fsp3) is 0.579. The molecule has 2 fully saturated rings. The van der Waals surface area contributed by atoms with Crippen LogP contribution in [0.2, 0.25) is 5.02 Å². The number of hydrogen-bond acceptors (Lipinski definition) is 5. The lowest BCUT2D eigenvalue weighted by Gasteiger charge is -2.31. The molecule has 9 nitrogen and oxygen atoms in total. The first-order valence-corrected chi connectivity index (χ1v) is 11.8. The third kappa shape index (κ3) is 6.23. The Bertz CT molecular complexity index is 883. The largest absolute Gasteiger partial charge is 0.496 e. The Kier molecular flexibility index (Phi) is 7.43. The van der Waals surface area contributed by atoms with Crippen molar-refractivity contribution in [3.63, 3.8) is 0 Å². The smallest absolute Gasteiger partial charge is 0.329 e. The first-order valence-electron chi connectivity index (χ1n) is 9.98. The van der Waals surface area contributed by atoms with Crippen molar-refractivity contribution in [1.82, 2.24) is 19.7 Å². The molecule has 1 heterocycles. The van der Waals surface area contributed by atoms with Crippen molar-refractivity contribution >= 4 is 33.7 Å². The zero-order valence-corrected chi connectivity index (χ0v) is 18.4. The maximum atomic E-state index is 12.4. The molecular formula is C19H27ClN4O5S. The van der Waals surface area contributed by atoms with Gasteiger partial charge in [-0.05, 0) is 56.2 Å². The molecule has 0 spiro atoms. The van der Waals surface area contributed by atoms with Crippen molar-refractivity contribution < 1.29 is 22.7 Å². The molecule has 1 aromatic carbocycles. The number of ether oxygens (including phenoxy) is 1. The Morgan fingerprint density at radius 3 is 2.53 bits per heavy atom. The number of benzene rings is 1. The Hall–Kier alpha value is -2.04. The summed E-state index contributed by atoms with van der Waals surface area (Å²) in [7, 11) is -2.34. The van der Waals surface area contributed by atoms with E-state index in [9.17, 15) is 18.0 Å². The lowest BCUT2D eigenvalue weighted by atomic mass is 9.95. The molecule has 11 heteroatoms. The predicted molar refractivity (Wildman–Crippen MR) is 113 cm³/mol. The Labute approximate surface area is 181 Å². The van der Waals surface area contributed by atoms with Gasteiger partial charge in [-0.15, -0.1) is 0 Å². The minimum atomic E-state index is -3.83. The van der Waals surface area contributed by atoms with Crippen LogP contribution in [-0.4, -0.2) is 57.4 Å². The molecule has 0 bridgehead atoms. The van der Waals surface area contributed by atoms with Crippen molar-refractivity contribution in [1.29, 1.82) is 0 Å². The van der Waals surface area contributed by atoms with E-state index in [4.69, 9.17) is 16.3 Å². The second-order valence-corrected chi connectivity index (χ2v) is 9.69. The van der Waals surface area contributed by atoms with Crippen LogP contribution in [0.25, 0.3) is 0 Å². The zero-order valence-electron chi connectivity index (χ0n) is 16.8. The molecule has 0 aromatic heterocycles. The summed E-state index contributed by atoms with van der Waals surface area (Å²) in [4.78, 5) is 24.1. The highest BCUT2D eigenvalue weighted by Gasteiger charge is 2.31. The summed E-state index contributed by atoms with van der Waals surface area (Å²) < 4.78 is 33.2. The molecule has 1 aliphatic heterocycles. The zero-order chi connectivity index (χ0) is 21.7. The van der Waals surface area contributed by atoms with E-state index in [2.05, 4.69) is 15.4 Å². The van der Waals surface area contributed by atoms with Crippen LogP contribution in [0.15, 0.2) is 18.2 Å². The number of rotatable bonds is 8. The van der Waals surface area contributed by atoms with E-state index in [0.29, 0.717) is 54.7 Å². The number of nitrogens with zero attached hydrogens (tertiary/aromatic N) is 1. The van der Waals surface area contributed by atoms with E-state index < -0.39 is 16.2 Å². The molecule has 30 heavy (non-hydrogen) atoms. The molecular weight excluding hydrogens is 432 g/mol. The fourth-order valence-corrected chi connectivity index (χ4v) is 4.69. The van der Waals surface area contributed by atoms with Gasteiger partial charge < -0.3 is 15.4 Å². The van der Waals surface area contributed by atoms with Gasteiger partial charge >= 0.3 is 16.2 Å². The highest BCUT2D eigenvalue weighted by Crippen LogP contribution is 2.24. The maximum absolute atomic E-state index is 12.4. The van der Waals surface area contributed by atoms with Gasteiger partial charge in [0.05, 0.1) is 12.7 Å². The average molecular weight is 459 g/mol. The average Bonchev–Trinajstić information content (AvgIpc) is 3.51. The van der Waals surface area contributed by atoms with E-state index in [1.54, 1.807) is 18.2 Å². The minimum Gasteiger partial charge on any atom is -0.496 e. The number of urea groups is 1. The molecule has 1 aliphatic carbocycles. The molecule has 2 aliphatic rings. The van der Waals surface area contributed by atoms with Crippen LogP contribution < -0.4 is 20.1 Å². The first-order chi connectivity index (χ1) is 14.3. The van der Waals surface area contributed by atoms with Gasteiger partial charge in [-0.25, -0.2) is 9.52 Å². The summed E-state index contributed by atoms with van der Waals surface area (Å²) in [6, 6.07) is 4.29.